The van der Waals surface area contributed by atoms with Gasteiger partial charge in [-0.15, -0.1) is 0 Å². The maximum Gasteiger partial charge on any atom is 0.410 e. The van der Waals surface area contributed by atoms with Gasteiger partial charge >= 0.3 is 6.09 Å². The molecule has 1 aliphatic heterocycles. The maximum atomic E-state index is 13.2. The Hall–Kier alpha value is -3.43. The van der Waals surface area contributed by atoms with Crippen molar-refractivity contribution in [2.75, 3.05) is 18.4 Å². The average molecular weight is 496 g/mol. The summed E-state index contributed by atoms with van der Waals surface area (Å²) in [4.78, 5) is 27.5. The summed E-state index contributed by atoms with van der Waals surface area (Å²) < 4.78 is 33.6. The molecule has 9 heteroatoms. The standard InChI is InChI=1S/C26H29N3O5S/c1-2-16-27-35(32,33)24-15-7-11-20-21(24)12-6-13-22(20)28-25(30)23-14-8-17-29(23)26(31)34-18-19-9-4-3-5-10-19/h3-7,9-13,15,23,27H,2,8,14,16-18H2,1H3,(H,28,30)/t23-/m0/s1. The highest BCUT2D eigenvalue weighted by Gasteiger charge is 2.35. The fourth-order valence-corrected chi connectivity index (χ4v) is 5.57. The molecule has 2 amide bonds. The van der Waals surface area contributed by atoms with E-state index in [4.69, 9.17) is 4.74 Å². The highest BCUT2D eigenvalue weighted by atomic mass is 32.2. The molecule has 3 aromatic carbocycles. The zero-order chi connectivity index (χ0) is 24.8. The minimum Gasteiger partial charge on any atom is -0.445 e. The highest BCUT2D eigenvalue weighted by molar-refractivity contribution is 7.89. The summed E-state index contributed by atoms with van der Waals surface area (Å²) in [6.07, 6.45) is 1.37. The molecule has 35 heavy (non-hydrogen) atoms. The second-order valence-corrected chi connectivity index (χ2v) is 10.2. The van der Waals surface area contributed by atoms with Crippen molar-refractivity contribution in [3.8, 4) is 0 Å². The largest absolute Gasteiger partial charge is 0.445 e. The molecule has 0 saturated carbocycles. The molecule has 184 valence electrons. The molecular formula is C26H29N3O5S. The molecule has 0 aliphatic carbocycles. The van der Waals surface area contributed by atoms with E-state index in [2.05, 4.69) is 10.0 Å². The van der Waals surface area contributed by atoms with Crippen molar-refractivity contribution in [2.24, 2.45) is 0 Å². The minimum atomic E-state index is -3.69. The van der Waals surface area contributed by atoms with Crippen LogP contribution in [0.5, 0.6) is 0 Å². The fourth-order valence-electron chi connectivity index (χ4n) is 4.21. The molecule has 1 atom stereocenters. The second-order valence-electron chi connectivity index (χ2n) is 8.44. The van der Waals surface area contributed by atoms with Crippen LogP contribution in [-0.2, 0) is 26.2 Å². The molecule has 4 rings (SSSR count). The zero-order valence-corrected chi connectivity index (χ0v) is 20.4. The van der Waals surface area contributed by atoms with Gasteiger partial charge in [0.1, 0.15) is 12.6 Å². The summed E-state index contributed by atoms with van der Waals surface area (Å²) in [7, 11) is -3.69. The number of hydrogen-bond donors (Lipinski definition) is 2. The number of likely N-dealkylation sites (tertiary alicyclic amines) is 1. The van der Waals surface area contributed by atoms with Crippen LogP contribution in [0, 0.1) is 0 Å². The molecule has 0 spiro atoms. The van der Waals surface area contributed by atoms with Gasteiger partial charge in [-0.05, 0) is 37.0 Å². The molecule has 1 aliphatic rings. The Labute approximate surface area is 205 Å². The van der Waals surface area contributed by atoms with Crippen LogP contribution in [0.2, 0.25) is 0 Å². The lowest BCUT2D eigenvalue weighted by molar-refractivity contribution is -0.120. The Kier molecular flexibility index (Phi) is 7.67. The van der Waals surface area contributed by atoms with Crippen molar-refractivity contribution < 1.29 is 22.7 Å². The van der Waals surface area contributed by atoms with Gasteiger partial charge in [-0.3, -0.25) is 9.69 Å². The first-order chi connectivity index (χ1) is 16.9. The number of carbonyl (C=O) groups excluding carboxylic acids is 2. The molecule has 0 bridgehead atoms. The van der Waals surface area contributed by atoms with Gasteiger partial charge < -0.3 is 10.1 Å². The Bertz CT molecular complexity index is 1310. The minimum absolute atomic E-state index is 0.136. The maximum absolute atomic E-state index is 13.2. The fraction of sp³-hybridized carbons (Fsp3) is 0.308. The molecule has 1 heterocycles. The Balaban J connectivity index is 1.51. The smallest absolute Gasteiger partial charge is 0.410 e. The van der Waals surface area contributed by atoms with Gasteiger partial charge in [0, 0.05) is 29.5 Å². The number of nitrogens with one attached hydrogen (secondary N) is 2. The van der Waals surface area contributed by atoms with Crippen molar-refractivity contribution in [3.05, 3.63) is 72.3 Å². The van der Waals surface area contributed by atoms with Gasteiger partial charge in [0.15, 0.2) is 0 Å². The molecule has 0 aromatic heterocycles. The molecule has 1 fully saturated rings. The summed E-state index contributed by atoms with van der Waals surface area (Å²) in [5.74, 6) is -0.330. The molecule has 0 radical (unpaired) electrons. The first-order valence-electron chi connectivity index (χ1n) is 11.7. The summed E-state index contributed by atoms with van der Waals surface area (Å²) in [6, 6.07) is 18.8. The molecule has 2 N–H and O–H groups in total. The Morgan fingerprint density at radius 2 is 1.74 bits per heavy atom. The summed E-state index contributed by atoms with van der Waals surface area (Å²) in [6.45, 7) is 2.81. The number of benzene rings is 3. The van der Waals surface area contributed by atoms with E-state index in [0.717, 1.165) is 5.56 Å². The van der Waals surface area contributed by atoms with Gasteiger partial charge in [-0.1, -0.05) is 61.5 Å². The third-order valence-electron chi connectivity index (χ3n) is 5.97. The van der Waals surface area contributed by atoms with E-state index in [9.17, 15) is 18.0 Å². The quantitative estimate of drug-likeness (QED) is 0.486. The van der Waals surface area contributed by atoms with Gasteiger partial charge in [-0.25, -0.2) is 17.9 Å². The van der Waals surface area contributed by atoms with E-state index in [1.807, 2.05) is 37.3 Å². The normalized spacial score (nSPS) is 15.8. The van der Waals surface area contributed by atoms with Crippen molar-refractivity contribution in [1.29, 1.82) is 0 Å². The van der Waals surface area contributed by atoms with Gasteiger partial charge in [-0.2, -0.15) is 0 Å². The predicted octanol–water partition coefficient (Wildman–Crippen LogP) is 4.27. The third kappa shape index (κ3) is 5.63. The predicted molar refractivity (Wildman–Crippen MR) is 134 cm³/mol. The SMILES string of the molecule is CCCNS(=O)(=O)c1cccc2c(NC(=O)[C@@H]3CCCN3C(=O)OCc3ccccc3)cccc12. The number of nitrogens with zero attached hydrogens (tertiary/aromatic N) is 1. The number of sulfonamides is 1. The van der Waals surface area contributed by atoms with Crippen molar-refractivity contribution in [3.63, 3.8) is 0 Å². The number of hydrogen-bond acceptors (Lipinski definition) is 5. The topological polar surface area (TPSA) is 105 Å². The molecular weight excluding hydrogens is 466 g/mol. The Morgan fingerprint density at radius 1 is 1.00 bits per heavy atom. The van der Waals surface area contributed by atoms with Crippen LogP contribution in [0.25, 0.3) is 10.8 Å². The number of rotatable bonds is 8. The van der Waals surface area contributed by atoms with E-state index in [1.165, 1.54) is 4.90 Å². The Morgan fingerprint density at radius 3 is 2.51 bits per heavy atom. The summed E-state index contributed by atoms with van der Waals surface area (Å²) in [5.41, 5.74) is 1.36. The first-order valence-corrected chi connectivity index (χ1v) is 13.2. The molecule has 1 saturated heterocycles. The third-order valence-corrected chi connectivity index (χ3v) is 7.49. The van der Waals surface area contributed by atoms with E-state index in [0.29, 0.717) is 48.8 Å². The number of amides is 2. The lowest BCUT2D eigenvalue weighted by atomic mass is 10.1. The zero-order valence-electron chi connectivity index (χ0n) is 19.6. The summed E-state index contributed by atoms with van der Waals surface area (Å²) in [5, 5.41) is 4.02. The van der Waals surface area contributed by atoms with Crippen LogP contribution in [0.15, 0.2) is 71.6 Å². The van der Waals surface area contributed by atoms with Crippen LogP contribution in [0.4, 0.5) is 10.5 Å². The van der Waals surface area contributed by atoms with Crippen molar-refractivity contribution in [1.82, 2.24) is 9.62 Å². The number of carbonyl (C=O) groups is 2. The van der Waals surface area contributed by atoms with Crippen LogP contribution >= 0.6 is 0 Å². The van der Waals surface area contributed by atoms with Crippen LogP contribution < -0.4 is 10.0 Å². The average Bonchev–Trinajstić information content (AvgIpc) is 3.37. The lowest BCUT2D eigenvalue weighted by Gasteiger charge is -2.23. The number of ether oxygens (including phenoxy) is 1. The van der Waals surface area contributed by atoms with Gasteiger partial charge in [0.25, 0.3) is 0 Å². The monoisotopic (exact) mass is 495 g/mol. The molecule has 0 unspecified atom stereocenters. The van der Waals surface area contributed by atoms with Crippen molar-refractivity contribution >= 4 is 38.5 Å². The highest BCUT2D eigenvalue weighted by Crippen LogP contribution is 2.30. The molecule has 3 aromatic rings. The van der Waals surface area contributed by atoms with E-state index >= 15 is 0 Å². The van der Waals surface area contributed by atoms with Crippen molar-refractivity contribution in [2.45, 2.75) is 43.7 Å². The van der Waals surface area contributed by atoms with Gasteiger partial charge in [0.2, 0.25) is 15.9 Å². The summed E-state index contributed by atoms with van der Waals surface area (Å²) >= 11 is 0. The van der Waals surface area contributed by atoms with Crippen LogP contribution in [0.3, 0.4) is 0 Å². The first kappa shape index (κ1) is 24.7. The van der Waals surface area contributed by atoms with E-state index in [-0.39, 0.29) is 17.4 Å². The van der Waals surface area contributed by atoms with Crippen LogP contribution in [-0.4, -0.2) is 44.4 Å². The lowest BCUT2D eigenvalue weighted by Crippen LogP contribution is -2.43. The van der Waals surface area contributed by atoms with Crippen LogP contribution in [0.1, 0.15) is 31.7 Å². The molecule has 8 nitrogen and oxygen atoms in total. The van der Waals surface area contributed by atoms with E-state index in [1.54, 1.807) is 36.4 Å². The number of fused-ring (bicyclic) bond motifs is 1. The number of anilines is 1. The second kappa shape index (κ2) is 10.9. The van der Waals surface area contributed by atoms with E-state index < -0.39 is 22.2 Å². The van der Waals surface area contributed by atoms with Gasteiger partial charge in [0.05, 0.1) is 4.90 Å².